The zero-order chi connectivity index (χ0) is 18.1. The molecule has 1 saturated heterocycles. The first kappa shape index (κ1) is 16.9. The van der Waals surface area contributed by atoms with Crippen LogP contribution >= 0.6 is 0 Å². The predicted molar refractivity (Wildman–Crippen MR) is 103 cm³/mol. The van der Waals surface area contributed by atoms with E-state index in [4.69, 9.17) is 0 Å². The lowest BCUT2D eigenvalue weighted by Crippen LogP contribution is -2.31. The molecule has 2 heterocycles. The van der Waals surface area contributed by atoms with Gasteiger partial charge in [-0.25, -0.2) is 22.7 Å². The van der Waals surface area contributed by atoms with Crippen molar-refractivity contribution in [1.29, 1.82) is 0 Å². The monoisotopic (exact) mass is 368 g/mol. The summed E-state index contributed by atoms with van der Waals surface area (Å²) in [5.74, 6) is 0.524. The number of nitrogens with zero attached hydrogens (tertiary/aromatic N) is 3. The lowest BCUT2D eigenvalue weighted by atomic mass is 10.1. The Balaban J connectivity index is 1.55. The van der Waals surface area contributed by atoms with E-state index in [0.29, 0.717) is 19.0 Å². The zero-order valence-corrected chi connectivity index (χ0v) is 15.3. The number of fused-ring (bicyclic) bond motifs is 1. The van der Waals surface area contributed by atoms with Crippen LogP contribution in [0.3, 0.4) is 0 Å². The second-order valence-electron chi connectivity index (χ2n) is 6.58. The Morgan fingerprint density at radius 2 is 1.92 bits per heavy atom. The summed E-state index contributed by atoms with van der Waals surface area (Å²) in [6.45, 7) is 0.975. The molecule has 0 unspecified atom stereocenters. The SMILES string of the molecule is CS(=O)(=O)N1CC[C@H](Nc2nccc(-c3ccc4ccccc4c3)n2)C1. The van der Waals surface area contributed by atoms with Gasteiger partial charge in [0.2, 0.25) is 16.0 Å². The van der Waals surface area contributed by atoms with E-state index in [0.717, 1.165) is 23.1 Å². The number of hydrogen-bond donors (Lipinski definition) is 1. The van der Waals surface area contributed by atoms with Crippen molar-refractivity contribution >= 4 is 26.7 Å². The summed E-state index contributed by atoms with van der Waals surface area (Å²) in [6.07, 6.45) is 3.71. The number of rotatable bonds is 4. The molecule has 2 aromatic carbocycles. The molecule has 0 saturated carbocycles. The lowest BCUT2D eigenvalue weighted by Gasteiger charge is -2.15. The molecule has 134 valence electrons. The molecular weight excluding hydrogens is 348 g/mol. The van der Waals surface area contributed by atoms with Gasteiger partial charge in [0, 0.05) is 30.9 Å². The van der Waals surface area contributed by atoms with E-state index < -0.39 is 10.0 Å². The van der Waals surface area contributed by atoms with Crippen LogP contribution in [0.4, 0.5) is 5.95 Å². The molecule has 4 rings (SSSR count). The highest BCUT2D eigenvalue weighted by molar-refractivity contribution is 7.88. The average molecular weight is 368 g/mol. The highest BCUT2D eigenvalue weighted by Gasteiger charge is 2.28. The minimum atomic E-state index is -3.15. The Morgan fingerprint density at radius 1 is 1.12 bits per heavy atom. The maximum atomic E-state index is 11.6. The molecule has 26 heavy (non-hydrogen) atoms. The molecule has 6 nitrogen and oxygen atoms in total. The van der Waals surface area contributed by atoms with Crippen molar-refractivity contribution in [1.82, 2.24) is 14.3 Å². The molecule has 0 bridgehead atoms. The van der Waals surface area contributed by atoms with E-state index >= 15 is 0 Å². The number of anilines is 1. The topological polar surface area (TPSA) is 75.2 Å². The summed E-state index contributed by atoms with van der Waals surface area (Å²) in [4.78, 5) is 8.90. The molecule has 1 atom stereocenters. The Bertz CT molecular complexity index is 1050. The van der Waals surface area contributed by atoms with Gasteiger partial charge in [-0.05, 0) is 29.3 Å². The third-order valence-electron chi connectivity index (χ3n) is 4.65. The van der Waals surface area contributed by atoms with Crippen molar-refractivity contribution in [3.05, 3.63) is 54.7 Å². The van der Waals surface area contributed by atoms with Crippen LogP contribution in [-0.2, 0) is 10.0 Å². The maximum absolute atomic E-state index is 11.6. The summed E-state index contributed by atoms with van der Waals surface area (Å²) in [6, 6.07) is 16.4. The Kier molecular flexibility index (Phi) is 4.34. The van der Waals surface area contributed by atoms with Gasteiger partial charge in [-0.15, -0.1) is 0 Å². The van der Waals surface area contributed by atoms with Crippen LogP contribution in [-0.4, -0.2) is 48.1 Å². The number of hydrogen-bond acceptors (Lipinski definition) is 5. The van der Waals surface area contributed by atoms with Gasteiger partial charge < -0.3 is 5.32 Å². The Hall–Kier alpha value is -2.51. The van der Waals surface area contributed by atoms with E-state index in [1.165, 1.54) is 15.9 Å². The molecule has 7 heteroatoms. The number of nitrogens with one attached hydrogen (secondary N) is 1. The van der Waals surface area contributed by atoms with Crippen molar-refractivity contribution < 1.29 is 8.42 Å². The fourth-order valence-electron chi connectivity index (χ4n) is 3.27. The highest BCUT2D eigenvalue weighted by Crippen LogP contribution is 2.24. The smallest absolute Gasteiger partial charge is 0.223 e. The third-order valence-corrected chi connectivity index (χ3v) is 5.92. The van der Waals surface area contributed by atoms with Gasteiger partial charge in [0.15, 0.2) is 0 Å². The minimum absolute atomic E-state index is 0.0246. The molecule has 1 aliphatic rings. The largest absolute Gasteiger partial charge is 0.350 e. The molecule has 0 aliphatic carbocycles. The second-order valence-corrected chi connectivity index (χ2v) is 8.56. The molecule has 0 spiro atoms. The Labute approximate surface area is 152 Å². The van der Waals surface area contributed by atoms with Crippen LogP contribution in [0.5, 0.6) is 0 Å². The third kappa shape index (κ3) is 3.54. The van der Waals surface area contributed by atoms with Crippen LogP contribution in [0.1, 0.15) is 6.42 Å². The minimum Gasteiger partial charge on any atom is -0.350 e. The van der Waals surface area contributed by atoms with Crippen molar-refractivity contribution in [3.8, 4) is 11.3 Å². The molecule has 3 aromatic rings. The molecule has 1 aromatic heterocycles. The molecule has 1 fully saturated rings. The van der Waals surface area contributed by atoms with Crippen LogP contribution in [0.25, 0.3) is 22.0 Å². The number of sulfonamides is 1. The van der Waals surface area contributed by atoms with Crippen LogP contribution in [0.2, 0.25) is 0 Å². The number of aromatic nitrogens is 2. The van der Waals surface area contributed by atoms with E-state index in [-0.39, 0.29) is 6.04 Å². The first-order chi connectivity index (χ1) is 12.5. The van der Waals surface area contributed by atoms with Gasteiger partial charge in [0.1, 0.15) is 0 Å². The fourth-order valence-corrected chi connectivity index (χ4v) is 4.16. The zero-order valence-electron chi connectivity index (χ0n) is 14.5. The molecule has 0 radical (unpaired) electrons. The molecule has 0 amide bonds. The summed E-state index contributed by atoms with van der Waals surface area (Å²) >= 11 is 0. The van der Waals surface area contributed by atoms with Crippen molar-refractivity contribution in [2.24, 2.45) is 0 Å². The summed E-state index contributed by atoms with van der Waals surface area (Å²) in [5.41, 5.74) is 1.87. The molecule has 1 aliphatic heterocycles. The van der Waals surface area contributed by atoms with Gasteiger partial charge in [0.25, 0.3) is 0 Å². The highest BCUT2D eigenvalue weighted by atomic mass is 32.2. The first-order valence-corrected chi connectivity index (χ1v) is 10.4. The maximum Gasteiger partial charge on any atom is 0.223 e. The predicted octanol–water partition coefficient (Wildman–Crippen LogP) is 2.74. The molecular formula is C19H20N4O2S. The van der Waals surface area contributed by atoms with E-state index in [9.17, 15) is 8.42 Å². The first-order valence-electron chi connectivity index (χ1n) is 8.53. The quantitative estimate of drug-likeness (QED) is 0.766. The van der Waals surface area contributed by atoms with Crippen LogP contribution in [0, 0.1) is 0 Å². The Morgan fingerprint density at radius 3 is 2.69 bits per heavy atom. The summed E-state index contributed by atoms with van der Waals surface area (Å²) in [5, 5.41) is 5.62. The fraction of sp³-hybridized carbons (Fsp3) is 0.263. The standard InChI is InChI=1S/C19H20N4O2S/c1-26(24,25)23-11-9-17(13-23)21-19-20-10-8-18(22-19)16-7-6-14-4-2-3-5-15(14)12-16/h2-8,10,12,17H,9,11,13H2,1H3,(H,20,21,22)/t17-/m0/s1. The molecule has 1 N–H and O–H groups in total. The number of benzene rings is 2. The van der Waals surface area contributed by atoms with Gasteiger partial charge in [-0.1, -0.05) is 36.4 Å². The van der Waals surface area contributed by atoms with Crippen LogP contribution < -0.4 is 5.32 Å². The summed E-state index contributed by atoms with van der Waals surface area (Å²) < 4.78 is 24.8. The van der Waals surface area contributed by atoms with Crippen molar-refractivity contribution in [2.45, 2.75) is 12.5 Å². The van der Waals surface area contributed by atoms with Crippen LogP contribution in [0.15, 0.2) is 54.7 Å². The van der Waals surface area contributed by atoms with E-state index in [1.54, 1.807) is 6.20 Å². The second kappa shape index (κ2) is 6.66. The van der Waals surface area contributed by atoms with Crippen molar-refractivity contribution in [3.63, 3.8) is 0 Å². The van der Waals surface area contributed by atoms with Gasteiger partial charge in [0.05, 0.1) is 11.9 Å². The van der Waals surface area contributed by atoms with E-state index in [2.05, 4.69) is 45.6 Å². The van der Waals surface area contributed by atoms with Gasteiger partial charge in [-0.2, -0.15) is 0 Å². The van der Waals surface area contributed by atoms with E-state index in [1.807, 2.05) is 18.2 Å². The summed E-state index contributed by atoms with van der Waals surface area (Å²) in [7, 11) is -3.15. The van der Waals surface area contributed by atoms with Gasteiger partial charge in [-0.3, -0.25) is 0 Å². The van der Waals surface area contributed by atoms with Gasteiger partial charge >= 0.3 is 0 Å². The normalized spacial score (nSPS) is 18.3. The van der Waals surface area contributed by atoms with Crippen molar-refractivity contribution in [2.75, 3.05) is 24.7 Å². The lowest BCUT2D eigenvalue weighted by molar-refractivity contribution is 0.480. The average Bonchev–Trinajstić information content (AvgIpc) is 3.10.